The molecule has 0 N–H and O–H groups in total. The van der Waals surface area contributed by atoms with E-state index < -0.39 is 6.10 Å². The third kappa shape index (κ3) is 60.2. The average Bonchev–Trinajstić information content (AvgIpc) is 3.40. The molecule has 0 aliphatic heterocycles. The van der Waals surface area contributed by atoms with Gasteiger partial charge in [-0.3, -0.25) is 14.4 Å². The maximum Gasteiger partial charge on any atom is 0.306 e. The van der Waals surface area contributed by atoms with Gasteiger partial charge in [-0.05, 0) is 83.5 Å². The number of rotatable bonds is 60. The molecule has 0 aromatic heterocycles. The molecule has 0 aromatic rings. The summed E-state index contributed by atoms with van der Waals surface area (Å²) in [6, 6.07) is 0. The number of carbonyl (C=O) groups is 3. The van der Waals surface area contributed by atoms with Gasteiger partial charge in [-0.1, -0.05) is 294 Å². The zero-order chi connectivity index (χ0) is 53.6. The Morgan fingerprint density at radius 1 is 0.270 bits per heavy atom. The van der Waals surface area contributed by atoms with E-state index in [2.05, 4.69) is 69.4 Å². The SMILES string of the molecule is CCCCCC/C=C\C/C=C\CCCCCCCCCC(=O)OC(COC(=O)CCCCCCCCCCCCC/C=C\C/C=C\CCCCCCC)COC(=O)CCCCCCCCCCCCCCCCC. The van der Waals surface area contributed by atoms with Gasteiger partial charge in [0.25, 0.3) is 0 Å². The van der Waals surface area contributed by atoms with Crippen molar-refractivity contribution in [2.75, 3.05) is 13.2 Å². The summed E-state index contributed by atoms with van der Waals surface area (Å²) in [7, 11) is 0. The lowest BCUT2D eigenvalue weighted by molar-refractivity contribution is -0.167. The normalized spacial score (nSPS) is 12.3. The van der Waals surface area contributed by atoms with Gasteiger partial charge in [0, 0.05) is 19.3 Å². The fraction of sp³-hybridized carbons (Fsp3) is 0.838. The predicted molar refractivity (Wildman–Crippen MR) is 321 cm³/mol. The van der Waals surface area contributed by atoms with Gasteiger partial charge in [-0.25, -0.2) is 0 Å². The summed E-state index contributed by atoms with van der Waals surface area (Å²) >= 11 is 0. The molecule has 0 saturated carbocycles. The van der Waals surface area contributed by atoms with Crippen LogP contribution in [0.25, 0.3) is 0 Å². The third-order valence-corrected chi connectivity index (χ3v) is 14.6. The van der Waals surface area contributed by atoms with Crippen molar-refractivity contribution in [2.24, 2.45) is 0 Å². The zero-order valence-corrected chi connectivity index (χ0v) is 49.6. The van der Waals surface area contributed by atoms with E-state index in [1.165, 1.54) is 231 Å². The Balaban J connectivity index is 4.32. The summed E-state index contributed by atoms with van der Waals surface area (Å²) in [6.07, 6.45) is 78.2. The highest BCUT2D eigenvalue weighted by Crippen LogP contribution is 2.17. The highest BCUT2D eigenvalue weighted by molar-refractivity contribution is 5.71. The van der Waals surface area contributed by atoms with E-state index in [0.717, 1.165) is 77.0 Å². The van der Waals surface area contributed by atoms with Crippen molar-refractivity contribution >= 4 is 17.9 Å². The van der Waals surface area contributed by atoms with Crippen molar-refractivity contribution in [3.63, 3.8) is 0 Å². The molecule has 6 nitrogen and oxygen atoms in total. The van der Waals surface area contributed by atoms with Gasteiger partial charge >= 0.3 is 17.9 Å². The summed E-state index contributed by atoms with van der Waals surface area (Å²) in [5, 5.41) is 0. The summed E-state index contributed by atoms with van der Waals surface area (Å²) in [5.74, 6) is -0.861. The molecule has 0 aliphatic rings. The Labute approximate surface area is 460 Å². The minimum atomic E-state index is -0.777. The minimum Gasteiger partial charge on any atom is -0.462 e. The molecule has 6 heteroatoms. The molecule has 0 aromatic carbocycles. The molecule has 432 valence electrons. The van der Waals surface area contributed by atoms with Crippen LogP contribution >= 0.6 is 0 Å². The molecular weight excluding hydrogens is 913 g/mol. The third-order valence-electron chi connectivity index (χ3n) is 14.6. The van der Waals surface area contributed by atoms with Crippen LogP contribution in [0.4, 0.5) is 0 Å². The number of carbonyl (C=O) groups excluding carboxylic acids is 3. The monoisotopic (exact) mass is 1040 g/mol. The van der Waals surface area contributed by atoms with E-state index >= 15 is 0 Å². The first kappa shape index (κ1) is 71.4. The summed E-state index contributed by atoms with van der Waals surface area (Å²) < 4.78 is 17.0. The maximum absolute atomic E-state index is 12.9. The van der Waals surface area contributed by atoms with E-state index in [-0.39, 0.29) is 31.1 Å². The second kappa shape index (κ2) is 62.9. The van der Waals surface area contributed by atoms with Crippen molar-refractivity contribution in [1.82, 2.24) is 0 Å². The molecule has 0 spiro atoms. The number of allylic oxidation sites excluding steroid dienone is 8. The molecule has 0 saturated heterocycles. The largest absolute Gasteiger partial charge is 0.462 e. The second-order valence-corrected chi connectivity index (χ2v) is 22.0. The molecule has 0 bridgehead atoms. The predicted octanol–water partition coefficient (Wildman–Crippen LogP) is 22.2. The Kier molecular flexibility index (Phi) is 60.7. The van der Waals surface area contributed by atoms with Crippen LogP contribution < -0.4 is 0 Å². The molecule has 74 heavy (non-hydrogen) atoms. The Morgan fingerprint density at radius 3 is 0.757 bits per heavy atom. The number of hydrogen-bond donors (Lipinski definition) is 0. The molecule has 0 rings (SSSR count). The fourth-order valence-electron chi connectivity index (χ4n) is 9.62. The van der Waals surface area contributed by atoms with Crippen LogP contribution in [-0.4, -0.2) is 37.2 Å². The van der Waals surface area contributed by atoms with Crippen LogP contribution in [0.15, 0.2) is 48.6 Å². The summed E-state index contributed by atoms with van der Waals surface area (Å²) in [6.45, 7) is 6.66. The van der Waals surface area contributed by atoms with Crippen LogP contribution in [0.1, 0.15) is 348 Å². The van der Waals surface area contributed by atoms with E-state index in [1.807, 2.05) is 0 Å². The number of ether oxygens (including phenoxy) is 3. The van der Waals surface area contributed by atoms with Gasteiger partial charge in [-0.15, -0.1) is 0 Å². The van der Waals surface area contributed by atoms with Gasteiger partial charge < -0.3 is 14.2 Å². The zero-order valence-electron chi connectivity index (χ0n) is 49.6. The van der Waals surface area contributed by atoms with Crippen LogP contribution in [0, 0.1) is 0 Å². The van der Waals surface area contributed by atoms with Gasteiger partial charge in [0.2, 0.25) is 0 Å². The Morgan fingerprint density at radius 2 is 0.486 bits per heavy atom. The van der Waals surface area contributed by atoms with Gasteiger partial charge in [0.1, 0.15) is 13.2 Å². The van der Waals surface area contributed by atoms with E-state index in [4.69, 9.17) is 14.2 Å². The first-order valence-electron chi connectivity index (χ1n) is 32.6. The molecule has 0 fully saturated rings. The summed E-state index contributed by atoms with van der Waals surface area (Å²) in [5.41, 5.74) is 0. The fourth-order valence-corrected chi connectivity index (χ4v) is 9.62. The van der Waals surface area contributed by atoms with Gasteiger partial charge in [-0.2, -0.15) is 0 Å². The first-order chi connectivity index (χ1) is 36.5. The first-order valence-corrected chi connectivity index (χ1v) is 32.6. The van der Waals surface area contributed by atoms with Crippen molar-refractivity contribution < 1.29 is 28.6 Å². The smallest absolute Gasteiger partial charge is 0.306 e. The lowest BCUT2D eigenvalue weighted by atomic mass is 10.0. The van der Waals surface area contributed by atoms with Crippen LogP contribution in [-0.2, 0) is 28.6 Å². The molecule has 0 heterocycles. The van der Waals surface area contributed by atoms with Crippen LogP contribution in [0.2, 0.25) is 0 Å². The van der Waals surface area contributed by atoms with Gasteiger partial charge in [0.05, 0.1) is 0 Å². The maximum atomic E-state index is 12.9. The quantitative estimate of drug-likeness (QED) is 0.0261. The number of unbranched alkanes of at least 4 members (excludes halogenated alkanes) is 41. The molecule has 1 unspecified atom stereocenters. The molecule has 0 amide bonds. The van der Waals surface area contributed by atoms with Crippen molar-refractivity contribution in [1.29, 1.82) is 0 Å². The van der Waals surface area contributed by atoms with Crippen molar-refractivity contribution in [2.45, 2.75) is 354 Å². The molecule has 0 radical (unpaired) electrons. The lowest BCUT2D eigenvalue weighted by Gasteiger charge is -2.18. The van der Waals surface area contributed by atoms with Crippen LogP contribution in [0.5, 0.6) is 0 Å². The van der Waals surface area contributed by atoms with Crippen molar-refractivity contribution in [3.05, 3.63) is 48.6 Å². The molecule has 0 aliphatic carbocycles. The van der Waals surface area contributed by atoms with Crippen molar-refractivity contribution in [3.8, 4) is 0 Å². The number of esters is 3. The Hall–Kier alpha value is -2.63. The van der Waals surface area contributed by atoms with E-state index in [1.54, 1.807) is 0 Å². The van der Waals surface area contributed by atoms with Gasteiger partial charge in [0.15, 0.2) is 6.10 Å². The van der Waals surface area contributed by atoms with E-state index in [9.17, 15) is 14.4 Å². The van der Waals surface area contributed by atoms with E-state index in [0.29, 0.717) is 19.3 Å². The molecule has 1 atom stereocenters. The highest BCUT2D eigenvalue weighted by atomic mass is 16.6. The average molecular weight is 1040 g/mol. The lowest BCUT2D eigenvalue weighted by Crippen LogP contribution is -2.30. The highest BCUT2D eigenvalue weighted by Gasteiger charge is 2.19. The topological polar surface area (TPSA) is 78.9 Å². The number of hydrogen-bond acceptors (Lipinski definition) is 6. The second-order valence-electron chi connectivity index (χ2n) is 22.0. The summed E-state index contributed by atoms with van der Waals surface area (Å²) in [4.78, 5) is 38.3. The Bertz CT molecular complexity index is 1280. The molecular formula is C68H124O6. The standard InChI is InChI=1S/C68H124O6/c1-4-7-10-13-16-19-22-25-28-30-32-33-34-35-36-38-40-43-46-49-52-55-58-61-67(70)73-64-65(63-72-66(69)60-57-54-51-48-45-42-39-27-24-21-18-15-12-9-6-3)74-68(71)62-59-56-53-50-47-44-41-37-31-29-26-23-20-17-14-11-8-5-2/h20,22-23,25,29-32,65H,4-19,21,24,26-28,33-64H2,1-3H3/b23-20-,25-22-,31-29-,32-30-. The van der Waals surface area contributed by atoms with Crippen LogP contribution in [0.3, 0.4) is 0 Å². The minimum absolute atomic E-state index is 0.0730.